The molecule has 0 aliphatic heterocycles. The summed E-state index contributed by atoms with van der Waals surface area (Å²) in [7, 11) is -3.82. The van der Waals surface area contributed by atoms with Crippen LogP contribution >= 0.6 is 0 Å². The number of rotatable bonds is 4. The highest BCUT2D eigenvalue weighted by Crippen LogP contribution is 2.19. The molecule has 0 saturated heterocycles. The van der Waals surface area contributed by atoms with E-state index in [4.69, 9.17) is 10.3 Å². The lowest BCUT2D eigenvalue weighted by molar-refractivity contribution is 0.390. The van der Waals surface area contributed by atoms with E-state index in [1.165, 1.54) is 0 Å². The third-order valence-corrected chi connectivity index (χ3v) is 3.86. The standard InChI is InChI=1S/C11H12FN3O3S/c1-7-4-9(15-18-7)6-14-19(16,17)11-3-2-8(12)5-10(11)13/h2-5,14H,6,13H2,1H3. The Balaban J connectivity index is 2.18. The van der Waals surface area contributed by atoms with Crippen LogP contribution in [0, 0.1) is 12.7 Å². The Bertz CT molecular complexity index is 697. The maximum absolute atomic E-state index is 12.9. The Labute approximate surface area is 109 Å². The second-order valence-corrected chi connectivity index (χ2v) is 5.67. The van der Waals surface area contributed by atoms with Gasteiger partial charge in [-0.1, -0.05) is 5.16 Å². The number of anilines is 1. The van der Waals surface area contributed by atoms with Gasteiger partial charge in [-0.25, -0.2) is 17.5 Å². The third-order valence-electron chi connectivity index (χ3n) is 2.38. The van der Waals surface area contributed by atoms with Crippen LogP contribution < -0.4 is 10.5 Å². The number of hydrogen-bond acceptors (Lipinski definition) is 5. The first-order valence-electron chi connectivity index (χ1n) is 5.35. The van der Waals surface area contributed by atoms with Gasteiger partial charge in [0, 0.05) is 6.07 Å². The van der Waals surface area contributed by atoms with E-state index >= 15 is 0 Å². The number of hydrogen-bond donors (Lipinski definition) is 2. The van der Waals surface area contributed by atoms with Gasteiger partial charge in [0.05, 0.1) is 17.9 Å². The second kappa shape index (κ2) is 4.98. The van der Waals surface area contributed by atoms with Gasteiger partial charge in [0.1, 0.15) is 16.5 Å². The Morgan fingerprint density at radius 3 is 2.74 bits per heavy atom. The molecule has 0 atom stereocenters. The molecule has 1 aromatic heterocycles. The first-order chi connectivity index (χ1) is 8.88. The van der Waals surface area contributed by atoms with Gasteiger partial charge in [0.25, 0.3) is 0 Å². The minimum absolute atomic E-state index is 0.0313. The van der Waals surface area contributed by atoms with E-state index in [0.29, 0.717) is 11.5 Å². The van der Waals surface area contributed by atoms with E-state index in [1.54, 1.807) is 13.0 Å². The zero-order valence-electron chi connectivity index (χ0n) is 10.1. The molecule has 102 valence electrons. The molecule has 0 saturated carbocycles. The normalized spacial score (nSPS) is 11.7. The first kappa shape index (κ1) is 13.5. The Kier molecular flexibility index (Phi) is 3.54. The minimum atomic E-state index is -3.82. The topological polar surface area (TPSA) is 98.2 Å². The average Bonchev–Trinajstić information content (AvgIpc) is 2.72. The highest BCUT2D eigenvalue weighted by Gasteiger charge is 2.18. The van der Waals surface area contributed by atoms with Gasteiger partial charge in [-0.15, -0.1) is 0 Å². The van der Waals surface area contributed by atoms with Crippen molar-refractivity contribution in [2.45, 2.75) is 18.4 Å². The predicted octanol–water partition coefficient (Wildman–Crippen LogP) is 1.18. The lowest BCUT2D eigenvalue weighted by Gasteiger charge is -2.07. The smallest absolute Gasteiger partial charge is 0.242 e. The van der Waals surface area contributed by atoms with Crippen LogP contribution in [0.4, 0.5) is 10.1 Å². The molecule has 6 nitrogen and oxygen atoms in total. The largest absolute Gasteiger partial charge is 0.398 e. The molecule has 8 heteroatoms. The number of nitrogens with zero attached hydrogens (tertiary/aromatic N) is 1. The van der Waals surface area contributed by atoms with Gasteiger partial charge in [-0.3, -0.25) is 0 Å². The highest BCUT2D eigenvalue weighted by atomic mass is 32.2. The van der Waals surface area contributed by atoms with Gasteiger partial charge in [0.15, 0.2) is 0 Å². The van der Waals surface area contributed by atoms with Crippen LogP contribution in [0.2, 0.25) is 0 Å². The Hall–Kier alpha value is -1.93. The monoisotopic (exact) mass is 285 g/mol. The van der Waals surface area contributed by atoms with E-state index in [2.05, 4.69) is 9.88 Å². The van der Waals surface area contributed by atoms with Crippen molar-refractivity contribution in [3.05, 3.63) is 41.5 Å². The maximum Gasteiger partial charge on any atom is 0.242 e. The van der Waals surface area contributed by atoms with Crippen LogP contribution in [0.15, 0.2) is 33.7 Å². The van der Waals surface area contributed by atoms with Crippen molar-refractivity contribution in [1.82, 2.24) is 9.88 Å². The fourth-order valence-corrected chi connectivity index (χ4v) is 2.62. The van der Waals surface area contributed by atoms with Crippen molar-refractivity contribution in [3.8, 4) is 0 Å². The molecule has 19 heavy (non-hydrogen) atoms. The molecule has 0 spiro atoms. The van der Waals surface area contributed by atoms with Crippen molar-refractivity contribution in [1.29, 1.82) is 0 Å². The van der Waals surface area contributed by atoms with Gasteiger partial charge < -0.3 is 10.3 Å². The van der Waals surface area contributed by atoms with E-state index < -0.39 is 15.8 Å². The summed E-state index contributed by atoms with van der Waals surface area (Å²) in [4.78, 5) is -0.172. The van der Waals surface area contributed by atoms with Crippen molar-refractivity contribution in [3.63, 3.8) is 0 Å². The second-order valence-electron chi connectivity index (χ2n) is 3.94. The number of aromatic nitrogens is 1. The molecule has 0 aliphatic carbocycles. The molecule has 3 N–H and O–H groups in total. The predicted molar refractivity (Wildman–Crippen MR) is 66.1 cm³/mol. The fourth-order valence-electron chi connectivity index (χ4n) is 1.51. The van der Waals surface area contributed by atoms with Crippen molar-refractivity contribution >= 4 is 15.7 Å². The van der Waals surface area contributed by atoms with Crippen LogP contribution in [0.3, 0.4) is 0 Å². The molecule has 0 radical (unpaired) electrons. The highest BCUT2D eigenvalue weighted by molar-refractivity contribution is 7.89. The summed E-state index contributed by atoms with van der Waals surface area (Å²) in [6, 6.07) is 4.71. The molecule has 0 amide bonds. The van der Waals surface area contributed by atoms with Crippen LogP contribution in [0.25, 0.3) is 0 Å². The summed E-state index contributed by atoms with van der Waals surface area (Å²) in [5, 5.41) is 3.66. The van der Waals surface area contributed by atoms with E-state index in [0.717, 1.165) is 18.2 Å². The molecule has 1 aromatic carbocycles. The lowest BCUT2D eigenvalue weighted by Crippen LogP contribution is -2.24. The van der Waals surface area contributed by atoms with Gasteiger partial charge in [-0.2, -0.15) is 0 Å². The van der Waals surface area contributed by atoms with E-state index in [9.17, 15) is 12.8 Å². The quantitative estimate of drug-likeness (QED) is 0.822. The molecular weight excluding hydrogens is 273 g/mol. The summed E-state index contributed by atoms with van der Waals surface area (Å²) in [6.45, 7) is 1.67. The van der Waals surface area contributed by atoms with Gasteiger partial charge in [-0.05, 0) is 25.1 Å². The molecule has 0 aliphatic rings. The van der Waals surface area contributed by atoms with Crippen molar-refractivity contribution < 1.29 is 17.3 Å². The number of benzene rings is 1. The van der Waals surface area contributed by atoms with E-state index in [1.807, 2.05) is 0 Å². The summed E-state index contributed by atoms with van der Waals surface area (Å²) in [6.07, 6.45) is 0. The number of aryl methyl sites for hydroxylation is 1. The minimum Gasteiger partial charge on any atom is -0.398 e. The van der Waals surface area contributed by atoms with Crippen LogP contribution in [-0.4, -0.2) is 13.6 Å². The first-order valence-corrected chi connectivity index (χ1v) is 6.84. The third kappa shape index (κ3) is 3.09. The molecule has 2 rings (SSSR count). The Morgan fingerprint density at radius 1 is 1.42 bits per heavy atom. The SMILES string of the molecule is Cc1cc(CNS(=O)(=O)c2ccc(F)cc2N)no1. The van der Waals surface area contributed by atoms with Gasteiger partial charge in [0.2, 0.25) is 10.0 Å². The molecular formula is C11H12FN3O3S. The Morgan fingerprint density at radius 2 is 2.16 bits per heavy atom. The molecule has 0 bridgehead atoms. The number of nitrogens with one attached hydrogen (secondary N) is 1. The van der Waals surface area contributed by atoms with Crippen LogP contribution in [0.5, 0.6) is 0 Å². The van der Waals surface area contributed by atoms with E-state index in [-0.39, 0.29) is 17.1 Å². The van der Waals surface area contributed by atoms with Gasteiger partial charge >= 0.3 is 0 Å². The number of nitrogen functional groups attached to an aromatic ring is 1. The molecule has 2 aromatic rings. The average molecular weight is 285 g/mol. The zero-order chi connectivity index (χ0) is 14.0. The number of nitrogens with two attached hydrogens (primary N) is 1. The lowest BCUT2D eigenvalue weighted by atomic mass is 10.3. The number of sulfonamides is 1. The fraction of sp³-hybridized carbons (Fsp3) is 0.182. The van der Waals surface area contributed by atoms with Crippen LogP contribution in [-0.2, 0) is 16.6 Å². The zero-order valence-corrected chi connectivity index (χ0v) is 10.9. The van der Waals surface area contributed by atoms with Crippen molar-refractivity contribution in [2.75, 3.05) is 5.73 Å². The maximum atomic E-state index is 12.9. The summed E-state index contributed by atoms with van der Waals surface area (Å²) < 4.78 is 43.9. The molecule has 1 heterocycles. The number of halogens is 1. The van der Waals surface area contributed by atoms with Crippen LogP contribution in [0.1, 0.15) is 11.5 Å². The molecule has 0 fully saturated rings. The van der Waals surface area contributed by atoms with Crippen molar-refractivity contribution in [2.24, 2.45) is 0 Å². The summed E-state index contributed by atoms with van der Waals surface area (Å²) in [5.74, 6) is -0.0147. The summed E-state index contributed by atoms with van der Waals surface area (Å²) >= 11 is 0. The molecule has 0 unspecified atom stereocenters. The summed E-state index contributed by atoms with van der Waals surface area (Å²) in [5.41, 5.74) is 5.78.